The number of hydrogen-bond donors (Lipinski definition) is 2. The summed E-state index contributed by atoms with van der Waals surface area (Å²) in [5, 5.41) is 2.74. The molecule has 0 saturated heterocycles. The normalized spacial score (nSPS) is 11.5. The van der Waals surface area contributed by atoms with Gasteiger partial charge < -0.3 is 11.1 Å². The minimum Gasteiger partial charge on any atom is -0.369 e. The number of amides is 1. The molecule has 0 rings (SSSR count). The highest BCUT2D eigenvalue weighted by molar-refractivity contribution is 7.91. The molecule has 78 valence electrons. The molecule has 0 bridgehead atoms. The highest BCUT2D eigenvalue weighted by Gasteiger charge is 2.05. The fraction of sp³-hybridized carbons (Fsp3) is 0.857. The van der Waals surface area contributed by atoms with Crippen molar-refractivity contribution in [3.63, 3.8) is 0 Å². The van der Waals surface area contributed by atoms with E-state index in [0.29, 0.717) is 13.0 Å². The third kappa shape index (κ3) is 7.73. The Hall–Kier alpha value is -0.620. The van der Waals surface area contributed by atoms with Crippen LogP contribution in [-0.4, -0.2) is 38.9 Å². The van der Waals surface area contributed by atoms with E-state index in [9.17, 15) is 13.2 Å². The molecular formula is C7H16N2O3S. The van der Waals surface area contributed by atoms with Gasteiger partial charge in [0.25, 0.3) is 0 Å². The average molecular weight is 208 g/mol. The van der Waals surface area contributed by atoms with Gasteiger partial charge in [0.2, 0.25) is 5.91 Å². The summed E-state index contributed by atoms with van der Waals surface area (Å²) in [6.45, 7) is 2.22. The Morgan fingerprint density at radius 2 is 2.08 bits per heavy atom. The maximum Gasteiger partial charge on any atom is 0.231 e. The Morgan fingerprint density at radius 3 is 2.54 bits per heavy atom. The van der Waals surface area contributed by atoms with Crippen LogP contribution >= 0.6 is 0 Å². The number of nitrogens with one attached hydrogen (secondary N) is 1. The highest BCUT2D eigenvalue weighted by Crippen LogP contribution is 1.91. The summed E-state index contributed by atoms with van der Waals surface area (Å²) in [6.07, 6.45) is 0.517. The van der Waals surface area contributed by atoms with Crippen LogP contribution in [-0.2, 0) is 14.6 Å². The first-order valence-corrected chi connectivity index (χ1v) is 5.99. The molecule has 0 aliphatic carbocycles. The molecule has 0 aromatic carbocycles. The fourth-order valence-corrected chi connectivity index (χ4v) is 1.65. The Labute approximate surface area is 78.6 Å². The van der Waals surface area contributed by atoms with Crippen LogP contribution in [0.2, 0.25) is 0 Å². The molecule has 3 N–H and O–H groups in total. The molecule has 0 spiro atoms. The quantitative estimate of drug-likeness (QED) is 0.519. The summed E-state index contributed by atoms with van der Waals surface area (Å²) in [5.41, 5.74) is 4.87. The van der Waals surface area contributed by atoms with Crippen molar-refractivity contribution in [1.29, 1.82) is 0 Å². The number of rotatable bonds is 7. The lowest BCUT2D eigenvalue weighted by Gasteiger charge is -2.02. The van der Waals surface area contributed by atoms with Crippen molar-refractivity contribution in [2.24, 2.45) is 5.73 Å². The summed E-state index contributed by atoms with van der Waals surface area (Å²) in [6, 6.07) is 0. The molecule has 0 fully saturated rings. The monoisotopic (exact) mass is 208 g/mol. The van der Waals surface area contributed by atoms with Crippen LogP contribution in [0.1, 0.15) is 13.3 Å². The molecule has 0 aromatic rings. The van der Waals surface area contributed by atoms with Gasteiger partial charge in [0.1, 0.15) is 9.84 Å². The fourth-order valence-electron chi connectivity index (χ4n) is 0.773. The van der Waals surface area contributed by atoms with Crippen molar-refractivity contribution >= 4 is 15.7 Å². The maximum atomic E-state index is 11.0. The van der Waals surface area contributed by atoms with E-state index in [2.05, 4.69) is 5.32 Å². The second kappa shape index (κ2) is 5.93. The van der Waals surface area contributed by atoms with Crippen molar-refractivity contribution in [3.8, 4) is 0 Å². The van der Waals surface area contributed by atoms with Gasteiger partial charge in [-0.1, -0.05) is 6.92 Å². The van der Waals surface area contributed by atoms with E-state index in [4.69, 9.17) is 5.73 Å². The van der Waals surface area contributed by atoms with Gasteiger partial charge in [-0.15, -0.1) is 0 Å². The van der Waals surface area contributed by atoms with Gasteiger partial charge in [0, 0.05) is 5.75 Å². The molecule has 0 heterocycles. The molecule has 13 heavy (non-hydrogen) atoms. The Bertz CT molecular complexity index is 248. The van der Waals surface area contributed by atoms with Crippen molar-refractivity contribution < 1.29 is 13.2 Å². The molecule has 0 atom stereocenters. The first kappa shape index (κ1) is 12.4. The summed E-state index contributed by atoms with van der Waals surface area (Å²) < 4.78 is 22.0. The van der Waals surface area contributed by atoms with Gasteiger partial charge in [-0.3, -0.25) is 4.79 Å². The molecule has 0 radical (unpaired) electrons. The molecule has 0 unspecified atom stereocenters. The van der Waals surface area contributed by atoms with E-state index in [1.54, 1.807) is 6.92 Å². The van der Waals surface area contributed by atoms with Crippen LogP contribution in [0, 0.1) is 0 Å². The molecule has 0 aliphatic heterocycles. The lowest BCUT2D eigenvalue weighted by atomic mass is 10.4. The minimum absolute atomic E-state index is 0.103. The minimum atomic E-state index is -2.88. The van der Waals surface area contributed by atoms with Gasteiger partial charge in [-0.2, -0.15) is 0 Å². The zero-order valence-electron chi connectivity index (χ0n) is 7.75. The number of nitrogens with two attached hydrogens (primary N) is 1. The zero-order chi connectivity index (χ0) is 10.3. The molecule has 6 heteroatoms. The van der Waals surface area contributed by atoms with E-state index in [1.807, 2.05) is 0 Å². The Kier molecular flexibility index (Phi) is 5.65. The molecule has 5 nitrogen and oxygen atoms in total. The molecule has 1 amide bonds. The van der Waals surface area contributed by atoms with Crippen molar-refractivity contribution in [2.75, 3.05) is 24.6 Å². The maximum absolute atomic E-state index is 11.0. The van der Waals surface area contributed by atoms with Gasteiger partial charge in [0.05, 0.1) is 12.3 Å². The third-order valence-electron chi connectivity index (χ3n) is 1.55. The SMILES string of the molecule is CCS(=O)(=O)CCCNCC(N)=O. The van der Waals surface area contributed by atoms with Crippen molar-refractivity contribution in [1.82, 2.24) is 5.32 Å². The first-order chi connectivity index (χ1) is 5.98. The van der Waals surface area contributed by atoms with Crippen LogP contribution in [0.25, 0.3) is 0 Å². The molecule has 0 aromatic heterocycles. The average Bonchev–Trinajstić information content (AvgIpc) is 2.03. The van der Waals surface area contributed by atoms with E-state index in [1.165, 1.54) is 0 Å². The Morgan fingerprint density at radius 1 is 1.46 bits per heavy atom. The number of hydrogen-bond acceptors (Lipinski definition) is 4. The summed E-state index contributed by atoms with van der Waals surface area (Å²) in [5.74, 6) is -0.101. The van der Waals surface area contributed by atoms with Crippen molar-refractivity contribution in [2.45, 2.75) is 13.3 Å². The van der Waals surface area contributed by atoms with Gasteiger partial charge >= 0.3 is 0 Å². The van der Waals surface area contributed by atoms with Gasteiger partial charge in [0.15, 0.2) is 0 Å². The summed E-state index contributed by atoms with van der Waals surface area (Å²) in [7, 11) is -2.88. The third-order valence-corrected chi connectivity index (χ3v) is 3.34. The number of carbonyl (C=O) groups excluding carboxylic acids is 1. The zero-order valence-corrected chi connectivity index (χ0v) is 8.56. The lowest BCUT2D eigenvalue weighted by Crippen LogP contribution is -2.30. The molecule has 0 aliphatic rings. The van der Waals surface area contributed by atoms with Crippen molar-refractivity contribution in [3.05, 3.63) is 0 Å². The predicted octanol–water partition coefficient (Wildman–Crippen LogP) is -1.11. The lowest BCUT2D eigenvalue weighted by molar-refractivity contribution is -0.117. The van der Waals surface area contributed by atoms with Crippen LogP contribution in [0.3, 0.4) is 0 Å². The Balaban J connectivity index is 3.42. The smallest absolute Gasteiger partial charge is 0.231 e. The number of carbonyl (C=O) groups is 1. The second-order valence-corrected chi connectivity index (χ2v) is 5.21. The van der Waals surface area contributed by atoms with E-state index < -0.39 is 15.7 Å². The molecule has 0 saturated carbocycles. The van der Waals surface area contributed by atoms with Crippen LogP contribution in [0.5, 0.6) is 0 Å². The number of sulfone groups is 1. The second-order valence-electron chi connectivity index (χ2n) is 2.73. The van der Waals surface area contributed by atoms with E-state index in [0.717, 1.165) is 0 Å². The largest absolute Gasteiger partial charge is 0.369 e. The van der Waals surface area contributed by atoms with Crippen LogP contribution in [0.4, 0.5) is 0 Å². The van der Waals surface area contributed by atoms with Gasteiger partial charge in [-0.25, -0.2) is 8.42 Å². The van der Waals surface area contributed by atoms with Gasteiger partial charge in [-0.05, 0) is 13.0 Å². The molecular weight excluding hydrogens is 192 g/mol. The van der Waals surface area contributed by atoms with Crippen LogP contribution in [0.15, 0.2) is 0 Å². The predicted molar refractivity (Wildman–Crippen MR) is 51.0 cm³/mol. The summed E-state index contributed by atoms with van der Waals surface area (Å²) >= 11 is 0. The standard InChI is InChI=1S/C7H16N2O3S/c1-2-13(11,12)5-3-4-9-6-7(8)10/h9H,2-6H2,1H3,(H2,8,10). The van der Waals surface area contributed by atoms with Crippen LogP contribution < -0.4 is 11.1 Å². The van der Waals surface area contributed by atoms with E-state index in [-0.39, 0.29) is 18.1 Å². The number of primary amides is 1. The highest BCUT2D eigenvalue weighted by atomic mass is 32.2. The topological polar surface area (TPSA) is 89.3 Å². The summed E-state index contributed by atoms with van der Waals surface area (Å²) in [4.78, 5) is 10.3. The first-order valence-electron chi connectivity index (χ1n) is 4.17. The van der Waals surface area contributed by atoms with E-state index >= 15 is 0 Å².